The van der Waals surface area contributed by atoms with E-state index in [-0.39, 0.29) is 5.91 Å². The summed E-state index contributed by atoms with van der Waals surface area (Å²) < 4.78 is 6.84. The van der Waals surface area contributed by atoms with E-state index in [9.17, 15) is 9.59 Å². The normalized spacial score (nSPS) is 10.1. The van der Waals surface area contributed by atoms with E-state index in [0.29, 0.717) is 30.1 Å². The van der Waals surface area contributed by atoms with Crippen LogP contribution in [-0.2, 0) is 11.3 Å². The van der Waals surface area contributed by atoms with Gasteiger partial charge in [-0.25, -0.2) is 0 Å². The fourth-order valence-corrected chi connectivity index (χ4v) is 1.88. The monoisotopic (exact) mass is 272 g/mol. The number of hydrogen-bond acceptors (Lipinski definition) is 3. The molecule has 1 heterocycles. The number of rotatable bonds is 6. The van der Waals surface area contributed by atoms with Gasteiger partial charge in [0.05, 0.1) is 12.8 Å². The Morgan fingerprint density at radius 3 is 2.95 bits per heavy atom. The number of aldehydes is 1. The van der Waals surface area contributed by atoms with Crippen LogP contribution in [0.3, 0.4) is 0 Å². The van der Waals surface area contributed by atoms with Crippen LogP contribution < -0.4 is 10.1 Å². The average molecular weight is 272 g/mol. The maximum absolute atomic E-state index is 11.9. The van der Waals surface area contributed by atoms with E-state index in [0.717, 1.165) is 6.29 Å². The highest BCUT2D eigenvalue weighted by Crippen LogP contribution is 2.16. The van der Waals surface area contributed by atoms with Gasteiger partial charge in [-0.2, -0.15) is 0 Å². The van der Waals surface area contributed by atoms with Crippen molar-refractivity contribution in [3.05, 3.63) is 48.3 Å². The number of nitrogens with zero attached hydrogens (tertiary/aromatic N) is 1. The van der Waals surface area contributed by atoms with Crippen LogP contribution in [0.1, 0.15) is 16.9 Å². The van der Waals surface area contributed by atoms with Crippen molar-refractivity contribution in [3.8, 4) is 5.75 Å². The number of methoxy groups -OCH3 is 1. The maximum atomic E-state index is 11.9. The van der Waals surface area contributed by atoms with Crippen LogP contribution in [0.15, 0.2) is 42.6 Å². The number of nitrogens with one attached hydrogen (secondary N) is 1. The molecule has 0 saturated carbocycles. The minimum absolute atomic E-state index is 0.108. The highest BCUT2D eigenvalue weighted by atomic mass is 16.5. The third-order valence-corrected chi connectivity index (χ3v) is 2.92. The molecule has 0 fully saturated rings. The number of carbonyl (C=O) groups excluding carboxylic acids is 2. The largest absolute Gasteiger partial charge is 0.497 e. The minimum Gasteiger partial charge on any atom is -0.497 e. The second kappa shape index (κ2) is 6.56. The fraction of sp³-hybridized carbons (Fsp3) is 0.200. The van der Waals surface area contributed by atoms with Crippen LogP contribution in [-0.4, -0.2) is 23.9 Å². The number of anilines is 1. The molecule has 0 bridgehead atoms. The van der Waals surface area contributed by atoms with Gasteiger partial charge < -0.3 is 14.6 Å². The lowest BCUT2D eigenvalue weighted by molar-refractivity contribution is -0.116. The fourth-order valence-electron chi connectivity index (χ4n) is 1.88. The lowest BCUT2D eigenvalue weighted by Crippen LogP contribution is -2.15. The first-order valence-electron chi connectivity index (χ1n) is 6.27. The SMILES string of the molecule is COc1cccc(NC(=O)CCn2cccc2C=O)c1. The summed E-state index contributed by atoms with van der Waals surface area (Å²) in [6, 6.07) is 10.7. The molecule has 0 unspecified atom stereocenters. The molecule has 5 nitrogen and oxygen atoms in total. The van der Waals surface area contributed by atoms with E-state index in [4.69, 9.17) is 4.74 Å². The van der Waals surface area contributed by atoms with Gasteiger partial charge >= 0.3 is 0 Å². The number of ether oxygens (including phenoxy) is 1. The molecule has 20 heavy (non-hydrogen) atoms. The second-order valence-electron chi connectivity index (χ2n) is 4.27. The van der Waals surface area contributed by atoms with E-state index < -0.39 is 0 Å². The first-order valence-corrected chi connectivity index (χ1v) is 6.27. The standard InChI is InChI=1S/C15H16N2O3/c1-20-14-6-2-4-12(10-14)16-15(19)7-9-17-8-3-5-13(17)11-18/h2-6,8,10-11H,7,9H2,1H3,(H,16,19). The van der Waals surface area contributed by atoms with Gasteiger partial charge in [0.2, 0.25) is 5.91 Å². The molecule has 104 valence electrons. The minimum atomic E-state index is -0.108. The van der Waals surface area contributed by atoms with Crippen LogP contribution in [0.25, 0.3) is 0 Å². The summed E-state index contributed by atoms with van der Waals surface area (Å²) in [5.41, 5.74) is 1.26. The molecular weight excluding hydrogens is 256 g/mol. The van der Waals surface area contributed by atoms with Crippen LogP contribution in [0.4, 0.5) is 5.69 Å². The van der Waals surface area contributed by atoms with Gasteiger partial charge in [-0.05, 0) is 24.3 Å². The van der Waals surface area contributed by atoms with Crippen molar-refractivity contribution in [2.45, 2.75) is 13.0 Å². The lowest BCUT2D eigenvalue weighted by Gasteiger charge is -2.08. The Bertz CT molecular complexity index is 605. The average Bonchev–Trinajstić information content (AvgIpc) is 2.93. The summed E-state index contributed by atoms with van der Waals surface area (Å²) in [5.74, 6) is 0.584. The Kier molecular flexibility index (Phi) is 4.55. The zero-order valence-electron chi connectivity index (χ0n) is 11.2. The predicted molar refractivity (Wildman–Crippen MR) is 76.1 cm³/mol. The molecule has 0 aliphatic heterocycles. The van der Waals surface area contributed by atoms with Crippen molar-refractivity contribution in [1.82, 2.24) is 4.57 Å². The molecule has 0 spiro atoms. The number of amides is 1. The van der Waals surface area contributed by atoms with Gasteiger partial charge in [0.15, 0.2) is 6.29 Å². The molecule has 0 aliphatic rings. The third kappa shape index (κ3) is 3.47. The van der Waals surface area contributed by atoms with Crippen LogP contribution in [0.2, 0.25) is 0 Å². The molecule has 0 atom stereocenters. The van der Waals surface area contributed by atoms with Crippen molar-refractivity contribution in [3.63, 3.8) is 0 Å². The molecule has 2 rings (SSSR count). The van der Waals surface area contributed by atoms with Crippen LogP contribution >= 0.6 is 0 Å². The zero-order valence-corrected chi connectivity index (χ0v) is 11.2. The molecule has 2 aromatic rings. The Morgan fingerprint density at radius 1 is 1.35 bits per heavy atom. The summed E-state index contributed by atoms with van der Waals surface area (Å²) in [6.45, 7) is 0.469. The molecule has 0 saturated heterocycles. The van der Waals surface area contributed by atoms with Gasteiger partial charge in [0.1, 0.15) is 5.75 Å². The van der Waals surface area contributed by atoms with E-state index in [1.165, 1.54) is 0 Å². The highest BCUT2D eigenvalue weighted by molar-refractivity contribution is 5.90. The molecule has 1 amide bonds. The number of aromatic nitrogens is 1. The van der Waals surface area contributed by atoms with E-state index in [2.05, 4.69) is 5.32 Å². The van der Waals surface area contributed by atoms with E-state index >= 15 is 0 Å². The highest BCUT2D eigenvalue weighted by Gasteiger charge is 2.05. The summed E-state index contributed by atoms with van der Waals surface area (Å²) >= 11 is 0. The van der Waals surface area contributed by atoms with Crippen molar-refractivity contribution < 1.29 is 14.3 Å². The molecule has 1 aromatic carbocycles. The van der Waals surface area contributed by atoms with E-state index in [1.807, 2.05) is 12.1 Å². The van der Waals surface area contributed by atoms with Crippen LogP contribution in [0.5, 0.6) is 5.75 Å². The van der Waals surface area contributed by atoms with Gasteiger partial charge in [0, 0.05) is 30.9 Å². The summed E-state index contributed by atoms with van der Waals surface area (Å²) in [4.78, 5) is 22.6. The molecule has 5 heteroatoms. The van der Waals surface area contributed by atoms with Gasteiger partial charge in [-0.3, -0.25) is 9.59 Å². The van der Waals surface area contributed by atoms with Gasteiger partial charge in [-0.15, -0.1) is 0 Å². The number of benzene rings is 1. The summed E-state index contributed by atoms with van der Waals surface area (Å²) in [7, 11) is 1.58. The van der Waals surface area contributed by atoms with Crippen molar-refractivity contribution in [2.75, 3.05) is 12.4 Å². The van der Waals surface area contributed by atoms with Crippen molar-refractivity contribution >= 4 is 17.9 Å². The maximum Gasteiger partial charge on any atom is 0.226 e. The third-order valence-electron chi connectivity index (χ3n) is 2.92. The van der Waals surface area contributed by atoms with Crippen molar-refractivity contribution in [1.29, 1.82) is 0 Å². The Labute approximate surface area is 117 Å². The number of hydrogen-bond donors (Lipinski definition) is 1. The Hall–Kier alpha value is -2.56. The first-order chi connectivity index (χ1) is 9.72. The predicted octanol–water partition coefficient (Wildman–Crippen LogP) is 2.34. The zero-order chi connectivity index (χ0) is 14.4. The van der Waals surface area contributed by atoms with Gasteiger partial charge in [-0.1, -0.05) is 6.07 Å². The number of carbonyl (C=O) groups is 2. The Morgan fingerprint density at radius 2 is 2.20 bits per heavy atom. The first kappa shape index (κ1) is 13.9. The van der Waals surface area contributed by atoms with Crippen molar-refractivity contribution in [2.24, 2.45) is 0 Å². The number of aryl methyl sites for hydroxylation is 1. The summed E-state index contributed by atoms with van der Waals surface area (Å²) in [6.07, 6.45) is 2.86. The molecule has 1 N–H and O–H groups in total. The quantitative estimate of drug-likeness (QED) is 0.821. The van der Waals surface area contributed by atoms with Crippen LogP contribution in [0, 0.1) is 0 Å². The van der Waals surface area contributed by atoms with E-state index in [1.54, 1.807) is 42.1 Å². The molecular formula is C15H16N2O3. The topological polar surface area (TPSA) is 60.3 Å². The molecule has 0 aliphatic carbocycles. The Balaban J connectivity index is 1.90. The van der Waals surface area contributed by atoms with Gasteiger partial charge in [0.25, 0.3) is 0 Å². The lowest BCUT2D eigenvalue weighted by atomic mass is 10.3. The smallest absolute Gasteiger partial charge is 0.226 e. The molecule has 1 aromatic heterocycles. The molecule has 0 radical (unpaired) electrons. The second-order valence-corrected chi connectivity index (χ2v) is 4.27. The summed E-state index contributed by atoms with van der Waals surface area (Å²) in [5, 5.41) is 2.80.